The summed E-state index contributed by atoms with van der Waals surface area (Å²) in [5.74, 6) is 0. The van der Waals surface area contributed by atoms with Crippen molar-refractivity contribution in [2.75, 3.05) is 0 Å². The van der Waals surface area contributed by atoms with Gasteiger partial charge in [0.15, 0.2) is 5.43 Å². The van der Waals surface area contributed by atoms with E-state index >= 15 is 0 Å². The molecule has 0 radical (unpaired) electrons. The standard InChI is InChI=1S/C22H16INO/c1-15-9-11-16(12-10-15)22-18(23)6-4-8-20(22)24-14-13-21(25)17-5-2-3-7-19(17)24/h2-14H,1H3. The van der Waals surface area contributed by atoms with Crippen molar-refractivity contribution >= 4 is 33.5 Å². The molecule has 0 spiro atoms. The Bertz CT molecular complexity index is 1130. The molecule has 0 amide bonds. The Balaban J connectivity index is 2.05. The lowest BCUT2D eigenvalue weighted by atomic mass is 10.0. The first-order valence-corrected chi connectivity index (χ1v) is 9.19. The maximum absolute atomic E-state index is 12.2. The highest BCUT2D eigenvalue weighted by Crippen LogP contribution is 2.33. The largest absolute Gasteiger partial charge is 0.316 e. The molecule has 0 N–H and O–H groups in total. The molecule has 25 heavy (non-hydrogen) atoms. The molecular weight excluding hydrogens is 421 g/mol. The highest BCUT2D eigenvalue weighted by molar-refractivity contribution is 14.1. The second-order valence-corrected chi connectivity index (χ2v) is 7.23. The Morgan fingerprint density at radius 3 is 2.40 bits per heavy atom. The molecule has 2 nitrogen and oxygen atoms in total. The minimum absolute atomic E-state index is 0.0503. The average molecular weight is 437 g/mol. The molecule has 0 aliphatic rings. The van der Waals surface area contributed by atoms with E-state index in [1.807, 2.05) is 30.5 Å². The van der Waals surface area contributed by atoms with E-state index in [9.17, 15) is 4.79 Å². The second-order valence-electron chi connectivity index (χ2n) is 6.07. The molecule has 0 saturated carbocycles. The number of rotatable bonds is 2. The fourth-order valence-electron chi connectivity index (χ4n) is 3.13. The van der Waals surface area contributed by atoms with Gasteiger partial charge in [0.25, 0.3) is 0 Å². The van der Waals surface area contributed by atoms with Crippen molar-refractivity contribution < 1.29 is 0 Å². The maximum atomic E-state index is 12.2. The van der Waals surface area contributed by atoms with E-state index in [0.29, 0.717) is 0 Å². The van der Waals surface area contributed by atoms with Crippen molar-refractivity contribution in [3.8, 4) is 16.8 Å². The van der Waals surface area contributed by atoms with Gasteiger partial charge in [-0.2, -0.15) is 0 Å². The molecule has 1 heterocycles. The van der Waals surface area contributed by atoms with Gasteiger partial charge in [0.1, 0.15) is 0 Å². The SMILES string of the molecule is Cc1ccc(-c2c(I)cccc2-n2ccc(=O)c3ccccc32)cc1. The van der Waals surface area contributed by atoms with Gasteiger partial charge in [-0.05, 0) is 59.3 Å². The summed E-state index contributed by atoms with van der Waals surface area (Å²) in [6.07, 6.45) is 1.87. The van der Waals surface area contributed by atoms with Gasteiger partial charge in [0, 0.05) is 26.8 Å². The Morgan fingerprint density at radius 2 is 1.60 bits per heavy atom. The van der Waals surface area contributed by atoms with E-state index in [4.69, 9.17) is 0 Å². The van der Waals surface area contributed by atoms with E-state index in [1.54, 1.807) is 6.07 Å². The number of aryl methyl sites for hydroxylation is 1. The molecule has 4 aromatic rings. The highest BCUT2D eigenvalue weighted by Gasteiger charge is 2.12. The van der Waals surface area contributed by atoms with Crippen molar-refractivity contribution in [1.82, 2.24) is 4.57 Å². The van der Waals surface area contributed by atoms with E-state index in [0.717, 1.165) is 16.6 Å². The summed E-state index contributed by atoms with van der Waals surface area (Å²) in [5.41, 5.74) is 5.64. The number of para-hydroxylation sites is 1. The molecule has 0 aliphatic carbocycles. The Hall–Kier alpha value is -2.40. The molecule has 1 aromatic heterocycles. The van der Waals surface area contributed by atoms with E-state index < -0.39 is 0 Å². The van der Waals surface area contributed by atoms with Crippen molar-refractivity contribution in [2.45, 2.75) is 6.92 Å². The number of benzene rings is 3. The molecule has 3 aromatic carbocycles. The van der Waals surface area contributed by atoms with Crippen LogP contribution < -0.4 is 5.43 Å². The zero-order chi connectivity index (χ0) is 17.4. The van der Waals surface area contributed by atoms with Crippen LogP contribution in [-0.2, 0) is 0 Å². The Kier molecular flexibility index (Phi) is 4.17. The van der Waals surface area contributed by atoms with E-state index in [2.05, 4.69) is 76.5 Å². The van der Waals surface area contributed by atoms with Crippen LogP contribution in [-0.4, -0.2) is 4.57 Å². The minimum Gasteiger partial charge on any atom is -0.316 e. The first-order valence-electron chi connectivity index (χ1n) is 8.11. The third-order valence-corrected chi connectivity index (χ3v) is 5.29. The van der Waals surface area contributed by atoms with Crippen LogP contribution >= 0.6 is 22.6 Å². The number of hydrogen-bond acceptors (Lipinski definition) is 1. The van der Waals surface area contributed by atoms with Gasteiger partial charge in [-0.1, -0.05) is 48.0 Å². The lowest BCUT2D eigenvalue weighted by Gasteiger charge is -2.17. The monoisotopic (exact) mass is 437 g/mol. The fourth-order valence-corrected chi connectivity index (χ4v) is 3.93. The lowest BCUT2D eigenvalue weighted by molar-refractivity contribution is 1.10. The summed E-state index contributed by atoms with van der Waals surface area (Å²) in [6.45, 7) is 2.09. The van der Waals surface area contributed by atoms with Gasteiger partial charge in [-0.15, -0.1) is 0 Å². The van der Waals surface area contributed by atoms with Crippen LogP contribution in [0.4, 0.5) is 0 Å². The molecular formula is C22H16INO. The molecule has 0 bridgehead atoms. The fraction of sp³-hybridized carbons (Fsp3) is 0.0455. The number of hydrogen-bond donors (Lipinski definition) is 0. The smallest absolute Gasteiger partial charge is 0.189 e. The minimum atomic E-state index is 0.0503. The van der Waals surface area contributed by atoms with Crippen LogP contribution in [0.3, 0.4) is 0 Å². The van der Waals surface area contributed by atoms with Gasteiger partial charge >= 0.3 is 0 Å². The topological polar surface area (TPSA) is 22.0 Å². The van der Waals surface area contributed by atoms with Crippen LogP contribution in [0, 0.1) is 10.5 Å². The zero-order valence-corrected chi connectivity index (χ0v) is 15.9. The zero-order valence-electron chi connectivity index (χ0n) is 13.7. The van der Waals surface area contributed by atoms with E-state index in [1.165, 1.54) is 20.3 Å². The number of pyridine rings is 1. The molecule has 0 atom stereocenters. The molecule has 3 heteroatoms. The summed E-state index contributed by atoms with van der Waals surface area (Å²) in [7, 11) is 0. The van der Waals surface area contributed by atoms with Crippen molar-refractivity contribution in [3.63, 3.8) is 0 Å². The maximum Gasteiger partial charge on any atom is 0.189 e. The van der Waals surface area contributed by atoms with Gasteiger partial charge in [-0.25, -0.2) is 0 Å². The molecule has 0 unspecified atom stereocenters. The van der Waals surface area contributed by atoms with Gasteiger partial charge in [0.05, 0.1) is 11.2 Å². The summed E-state index contributed by atoms with van der Waals surface area (Å²) in [6, 6.07) is 24.2. The lowest BCUT2D eigenvalue weighted by Crippen LogP contribution is -2.07. The summed E-state index contributed by atoms with van der Waals surface area (Å²) in [4.78, 5) is 12.2. The first kappa shape index (κ1) is 16.1. The number of fused-ring (bicyclic) bond motifs is 1. The second kappa shape index (κ2) is 6.48. The summed E-state index contributed by atoms with van der Waals surface area (Å²) >= 11 is 2.38. The highest BCUT2D eigenvalue weighted by atomic mass is 127. The number of aromatic nitrogens is 1. The first-order chi connectivity index (χ1) is 12.1. The molecule has 0 aliphatic heterocycles. The molecule has 0 fully saturated rings. The van der Waals surface area contributed by atoms with Gasteiger partial charge < -0.3 is 4.57 Å². The van der Waals surface area contributed by atoms with Crippen molar-refractivity contribution in [1.29, 1.82) is 0 Å². The summed E-state index contributed by atoms with van der Waals surface area (Å²) < 4.78 is 3.29. The van der Waals surface area contributed by atoms with E-state index in [-0.39, 0.29) is 5.43 Å². The quantitative estimate of drug-likeness (QED) is 0.376. The van der Waals surface area contributed by atoms with Crippen LogP contribution in [0.5, 0.6) is 0 Å². The Labute approximate surface area is 159 Å². The van der Waals surface area contributed by atoms with Gasteiger partial charge in [-0.3, -0.25) is 4.79 Å². The predicted octanol–water partition coefficient (Wildman–Crippen LogP) is 5.57. The van der Waals surface area contributed by atoms with Gasteiger partial charge in [0.2, 0.25) is 0 Å². The van der Waals surface area contributed by atoms with Crippen LogP contribution in [0.15, 0.2) is 83.8 Å². The predicted molar refractivity (Wildman–Crippen MR) is 112 cm³/mol. The molecule has 4 rings (SSSR count). The third-order valence-electron chi connectivity index (χ3n) is 4.40. The van der Waals surface area contributed by atoms with Crippen molar-refractivity contribution in [2.24, 2.45) is 0 Å². The molecule has 0 saturated heterocycles. The molecule has 122 valence electrons. The van der Waals surface area contributed by atoms with Crippen LogP contribution in [0.2, 0.25) is 0 Å². The number of nitrogens with zero attached hydrogens (tertiary/aromatic N) is 1. The third kappa shape index (κ3) is 2.89. The van der Waals surface area contributed by atoms with Crippen LogP contribution in [0.25, 0.3) is 27.7 Å². The summed E-state index contributed by atoms with van der Waals surface area (Å²) in [5, 5.41) is 0.735. The average Bonchev–Trinajstić information content (AvgIpc) is 2.63. The normalized spacial score (nSPS) is 11.0. The number of halogens is 1. The van der Waals surface area contributed by atoms with Crippen LogP contribution in [0.1, 0.15) is 5.56 Å². The Morgan fingerprint density at radius 1 is 0.840 bits per heavy atom. The van der Waals surface area contributed by atoms with Crippen molar-refractivity contribution in [3.05, 3.63) is 98.4 Å².